The van der Waals surface area contributed by atoms with Crippen molar-refractivity contribution in [1.29, 1.82) is 0 Å². The van der Waals surface area contributed by atoms with E-state index in [4.69, 9.17) is 10.3 Å². The second-order valence-electron chi connectivity index (χ2n) is 4.09. The van der Waals surface area contributed by atoms with Gasteiger partial charge in [-0.2, -0.15) is 4.98 Å². The molecule has 0 spiro atoms. The molecule has 94 valence electrons. The maximum absolute atomic E-state index is 5.87. The molecule has 1 aromatic carbocycles. The molecular formula is C13H11N5O. The quantitative estimate of drug-likeness (QED) is 0.703. The van der Waals surface area contributed by atoms with E-state index in [9.17, 15) is 0 Å². The van der Waals surface area contributed by atoms with Gasteiger partial charge in [0.25, 0.3) is 5.89 Å². The van der Waals surface area contributed by atoms with Crippen molar-refractivity contribution in [2.45, 2.75) is 6.92 Å². The van der Waals surface area contributed by atoms with Crippen LogP contribution >= 0.6 is 0 Å². The minimum Gasteiger partial charge on any atom is -0.398 e. The van der Waals surface area contributed by atoms with Crippen LogP contribution in [0.3, 0.4) is 0 Å². The summed E-state index contributed by atoms with van der Waals surface area (Å²) in [5.74, 6) is 0.844. The second-order valence-corrected chi connectivity index (χ2v) is 4.09. The van der Waals surface area contributed by atoms with Gasteiger partial charge in [-0.3, -0.25) is 0 Å². The Balaban J connectivity index is 1.99. The summed E-state index contributed by atoms with van der Waals surface area (Å²) in [6.45, 7) is 1.94. The van der Waals surface area contributed by atoms with Gasteiger partial charge in [0.1, 0.15) is 12.0 Å². The van der Waals surface area contributed by atoms with Crippen molar-refractivity contribution in [3.63, 3.8) is 0 Å². The molecule has 6 nitrogen and oxygen atoms in total. The molecule has 0 aliphatic heterocycles. The van der Waals surface area contributed by atoms with E-state index in [0.29, 0.717) is 23.1 Å². The van der Waals surface area contributed by atoms with Crippen LogP contribution in [-0.4, -0.2) is 20.1 Å². The van der Waals surface area contributed by atoms with E-state index in [1.54, 1.807) is 12.3 Å². The summed E-state index contributed by atoms with van der Waals surface area (Å²) >= 11 is 0. The first-order valence-corrected chi connectivity index (χ1v) is 5.70. The maximum atomic E-state index is 5.87. The van der Waals surface area contributed by atoms with Gasteiger partial charge < -0.3 is 10.3 Å². The van der Waals surface area contributed by atoms with Crippen LogP contribution in [0.4, 0.5) is 5.69 Å². The van der Waals surface area contributed by atoms with Gasteiger partial charge in [-0.05, 0) is 30.7 Å². The lowest BCUT2D eigenvalue weighted by Crippen LogP contribution is -1.90. The highest BCUT2D eigenvalue weighted by atomic mass is 16.5. The first-order valence-electron chi connectivity index (χ1n) is 5.70. The monoisotopic (exact) mass is 253 g/mol. The van der Waals surface area contributed by atoms with Crippen LogP contribution in [0, 0.1) is 6.92 Å². The molecule has 0 amide bonds. The number of nitrogens with zero attached hydrogens (tertiary/aromatic N) is 4. The highest BCUT2D eigenvalue weighted by Crippen LogP contribution is 2.24. The summed E-state index contributed by atoms with van der Waals surface area (Å²) in [5, 5.41) is 3.90. The Kier molecular flexibility index (Phi) is 2.68. The van der Waals surface area contributed by atoms with Crippen LogP contribution in [0.25, 0.3) is 23.0 Å². The number of hydrogen-bond acceptors (Lipinski definition) is 6. The van der Waals surface area contributed by atoms with Crippen LogP contribution in [0.2, 0.25) is 0 Å². The van der Waals surface area contributed by atoms with Crippen molar-refractivity contribution in [2.24, 2.45) is 0 Å². The van der Waals surface area contributed by atoms with Gasteiger partial charge in [0.15, 0.2) is 0 Å². The van der Waals surface area contributed by atoms with Gasteiger partial charge in [-0.1, -0.05) is 11.2 Å². The van der Waals surface area contributed by atoms with Crippen molar-refractivity contribution in [3.05, 3.63) is 42.4 Å². The third-order valence-electron chi connectivity index (χ3n) is 2.76. The lowest BCUT2D eigenvalue weighted by atomic mass is 10.1. The molecule has 0 unspecified atom stereocenters. The zero-order chi connectivity index (χ0) is 13.2. The fraction of sp³-hybridized carbons (Fsp3) is 0.0769. The fourth-order valence-electron chi connectivity index (χ4n) is 1.64. The highest BCUT2D eigenvalue weighted by molar-refractivity contribution is 5.63. The Morgan fingerprint density at radius 1 is 1.21 bits per heavy atom. The van der Waals surface area contributed by atoms with Crippen molar-refractivity contribution in [3.8, 4) is 23.0 Å². The number of nitrogen functional groups attached to an aromatic ring is 1. The molecule has 6 heteroatoms. The average molecular weight is 253 g/mol. The topological polar surface area (TPSA) is 90.7 Å². The summed E-state index contributed by atoms with van der Waals surface area (Å²) < 4.78 is 5.22. The normalized spacial score (nSPS) is 10.6. The molecule has 0 radical (unpaired) electrons. The molecule has 0 saturated heterocycles. The van der Waals surface area contributed by atoms with Gasteiger partial charge >= 0.3 is 0 Å². The van der Waals surface area contributed by atoms with Gasteiger partial charge in [-0.25, -0.2) is 9.97 Å². The molecule has 3 rings (SSSR count). The minimum atomic E-state index is 0.417. The van der Waals surface area contributed by atoms with Crippen LogP contribution < -0.4 is 5.73 Å². The summed E-state index contributed by atoms with van der Waals surface area (Å²) in [4.78, 5) is 12.2. The standard InChI is InChI=1S/C13H11N5O/c1-8-2-3-9(6-10(8)14)13-17-12(18-19-13)11-4-5-15-7-16-11/h2-7H,14H2,1H3. The molecule has 2 heterocycles. The summed E-state index contributed by atoms with van der Waals surface area (Å²) in [7, 11) is 0. The average Bonchev–Trinajstić information content (AvgIpc) is 2.93. The third-order valence-corrected chi connectivity index (χ3v) is 2.76. The van der Waals surface area contributed by atoms with E-state index in [0.717, 1.165) is 11.1 Å². The number of hydrogen-bond donors (Lipinski definition) is 1. The molecule has 0 bridgehead atoms. The second kappa shape index (κ2) is 4.49. The number of benzene rings is 1. The number of aromatic nitrogens is 4. The molecule has 0 atom stereocenters. The van der Waals surface area contributed by atoms with Crippen LogP contribution in [0.1, 0.15) is 5.56 Å². The Labute approximate surface area is 109 Å². The molecule has 3 aromatic rings. The van der Waals surface area contributed by atoms with E-state index >= 15 is 0 Å². The SMILES string of the molecule is Cc1ccc(-c2nc(-c3ccncn3)no2)cc1N. The van der Waals surface area contributed by atoms with Crippen molar-refractivity contribution >= 4 is 5.69 Å². The van der Waals surface area contributed by atoms with E-state index in [2.05, 4.69) is 20.1 Å². The Morgan fingerprint density at radius 2 is 2.11 bits per heavy atom. The molecule has 0 aliphatic rings. The molecule has 0 saturated carbocycles. The first kappa shape index (κ1) is 11.3. The van der Waals surface area contributed by atoms with Crippen LogP contribution in [0.5, 0.6) is 0 Å². The maximum Gasteiger partial charge on any atom is 0.258 e. The van der Waals surface area contributed by atoms with E-state index in [1.165, 1.54) is 6.33 Å². The summed E-state index contributed by atoms with van der Waals surface area (Å²) in [5.41, 5.74) is 8.98. The van der Waals surface area contributed by atoms with E-state index in [-0.39, 0.29) is 0 Å². The Morgan fingerprint density at radius 3 is 2.84 bits per heavy atom. The van der Waals surface area contributed by atoms with Gasteiger partial charge in [-0.15, -0.1) is 0 Å². The van der Waals surface area contributed by atoms with E-state index < -0.39 is 0 Å². The number of aryl methyl sites for hydroxylation is 1. The van der Waals surface area contributed by atoms with Gasteiger partial charge in [0.2, 0.25) is 5.82 Å². The summed E-state index contributed by atoms with van der Waals surface area (Å²) in [6, 6.07) is 7.34. The highest BCUT2D eigenvalue weighted by Gasteiger charge is 2.11. The molecular weight excluding hydrogens is 242 g/mol. The molecule has 0 fully saturated rings. The van der Waals surface area contributed by atoms with Crippen LogP contribution in [0.15, 0.2) is 41.3 Å². The molecule has 2 N–H and O–H groups in total. The van der Waals surface area contributed by atoms with Crippen molar-refractivity contribution in [1.82, 2.24) is 20.1 Å². The lowest BCUT2D eigenvalue weighted by Gasteiger charge is -2.00. The van der Waals surface area contributed by atoms with Crippen LogP contribution in [-0.2, 0) is 0 Å². The number of rotatable bonds is 2. The zero-order valence-corrected chi connectivity index (χ0v) is 10.2. The smallest absolute Gasteiger partial charge is 0.258 e. The fourth-order valence-corrected chi connectivity index (χ4v) is 1.64. The van der Waals surface area contributed by atoms with Crippen molar-refractivity contribution in [2.75, 3.05) is 5.73 Å². The largest absolute Gasteiger partial charge is 0.398 e. The molecule has 0 aliphatic carbocycles. The van der Waals surface area contributed by atoms with Crippen molar-refractivity contribution < 1.29 is 4.52 Å². The number of anilines is 1. The molecule has 19 heavy (non-hydrogen) atoms. The predicted octanol–water partition coefficient (Wildman–Crippen LogP) is 2.08. The van der Waals surface area contributed by atoms with Gasteiger partial charge in [0.05, 0.1) is 0 Å². The lowest BCUT2D eigenvalue weighted by molar-refractivity contribution is 0.432. The van der Waals surface area contributed by atoms with E-state index in [1.807, 2.05) is 25.1 Å². The molecule has 2 aromatic heterocycles. The third kappa shape index (κ3) is 2.15. The first-order chi connectivity index (χ1) is 9.24. The minimum absolute atomic E-state index is 0.417. The number of nitrogens with two attached hydrogens (primary N) is 1. The Bertz CT molecular complexity index is 708. The predicted molar refractivity (Wildman–Crippen MR) is 69.9 cm³/mol. The zero-order valence-electron chi connectivity index (χ0n) is 10.2. The van der Waals surface area contributed by atoms with Gasteiger partial charge in [0, 0.05) is 17.4 Å². The Hall–Kier alpha value is -2.76. The summed E-state index contributed by atoms with van der Waals surface area (Å²) in [6.07, 6.45) is 3.07.